The summed E-state index contributed by atoms with van der Waals surface area (Å²) >= 11 is 0. The standard InChI is InChI=1S/C19H25N3O2/c1-14-13-16(9-10-17(14)22(2)3)21-19(24)20-12-11-18(23)15-7-5-4-6-8-15/h4-10,13,18,23H,11-12H2,1-3H3,(H2,20,21,24). The monoisotopic (exact) mass is 327 g/mol. The molecule has 0 fully saturated rings. The molecule has 1 atom stereocenters. The Labute approximate surface area is 143 Å². The number of aryl methyl sites for hydroxylation is 1. The van der Waals surface area contributed by atoms with Crippen molar-refractivity contribution in [2.24, 2.45) is 0 Å². The van der Waals surface area contributed by atoms with Gasteiger partial charge in [-0.1, -0.05) is 30.3 Å². The van der Waals surface area contributed by atoms with Crippen molar-refractivity contribution in [3.63, 3.8) is 0 Å². The molecule has 2 rings (SSSR count). The molecular formula is C19H25N3O2. The molecule has 0 aliphatic carbocycles. The van der Waals surface area contributed by atoms with E-state index >= 15 is 0 Å². The van der Waals surface area contributed by atoms with Gasteiger partial charge >= 0.3 is 6.03 Å². The second kappa shape index (κ2) is 8.36. The summed E-state index contributed by atoms with van der Waals surface area (Å²) in [5, 5.41) is 15.6. The van der Waals surface area contributed by atoms with E-state index < -0.39 is 6.10 Å². The highest BCUT2D eigenvalue weighted by Gasteiger charge is 2.08. The number of hydrogen-bond donors (Lipinski definition) is 3. The molecule has 5 nitrogen and oxygen atoms in total. The van der Waals surface area contributed by atoms with Gasteiger partial charge in [-0.05, 0) is 42.7 Å². The summed E-state index contributed by atoms with van der Waals surface area (Å²) in [5.41, 5.74) is 3.82. The van der Waals surface area contributed by atoms with Gasteiger partial charge in [0.15, 0.2) is 0 Å². The van der Waals surface area contributed by atoms with Gasteiger partial charge in [0.05, 0.1) is 6.10 Å². The van der Waals surface area contributed by atoms with E-state index in [4.69, 9.17) is 0 Å². The van der Waals surface area contributed by atoms with Crippen molar-refractivity contribution < 1.29 is 9.90 Å². The molecule has 0 heterocycles. The third-order valence-corrected chi connectivity index (χ3v) is 3.82. The first-order valence-electron chi connectivity index (χ1n) is 8.03. The first kappa shape index (κ1) is 17.8. The Morgan fingerprint density at radius 3 is 2.50 bits per heavy atom. The van der Waals surface area contributed by atoms with Gasteiger partial charge in [-0.25, -0.2) is 4.79 Å². The molecular weight excluding hydrogens is 302 g/mol. The van der Waals surface area contributed by atoms with E-state index in [0.717, 1.165) is 22.5 Å². The molecule has 128 valence electrons. The first-order chi connectivity index (χ1) is 11.5. The second-order valence-electron chi connectivity index (χ2n) is 5.99. The van der Waals surface area contributed by atoms with E-state index in [9.17, 15) is 9.90 Å². The molecule has 2 aromatic rings. The molecule has 0 aromatic heterocycles. The zero-order valence-electron chi connectivity index (χ0n) is 14.4. The summed E-state index contributed by atoms with van der Waals surface area (Å²) in [7, 11) is 3.97. The number of nitrogens with zero attached hydrogens (tertiary/aromatic N) is 1. The molecule has 2 amide bonds. The summed E-state index contributed by atoms with van der Waals surface area (Å²) in [4.78, 5) is 14.0. The molecule has 0 spiro atoms. The van der Waals surface area contributed by atoms with Crippen LogP contribution in [0.25, 0.3) is 0 Å². The third-order valence-electron chi connectivity index (χ3n) is 3.82. The second-order valence-corrected chi connectivity index (χ2v) is 5.99. The van der Waals surface area contributed by atoms with Crippen molar-refractivity contribution in [2.75, 3.05) is 30.9 Å². The Kier molecular flexibility index (Phi) is 6.21. The summed E-state index contributed by atoms with van der Waals surface area (Å²) in [5.74, 6) is 0. The first-order valence-corrected chi connectivity index (χ1v) is 8.03. The molecule has 0 saturated heterocycles. The van der Waals surface area contributed by atoms with Gasteiger partial charge in [0, 0.05) is 32.0 Å². The number of hydrogen-bond acceptors (Lipinski definition) is 3. The number of nitrogens with one attached hydrogen (secondary N) is 2. The van der Waals surface area contributed by atoms with Crippen molar-refractivity contribution in [3.05, 3.63) is 59.7 Å². The van der Waals surface area contributed by atoms with Gasteiger partial charge in [0.2, 0.25) is 0 Å². The van der Waals surface area contributed by atoms with E-state index in [1.165, 1.54) is 0 Å². The van der Waals surface area contributed by atoms with Crippen molar-refractivity contribution in [1.29, 1.82) is 0 Å². The van der Waals surface area contributed by atoms with Crippen LogP contribution in [0.15, 0.2) is 48.5 Å². The van der Waals surface area contributed by atoms with E-state index in [2.05, 4.69) is 10.6 Å². The smallest absolute Gasteiger partial charge is 0.319 e. The van der Waals surface area contributed by atoms with Crippen LogP contribution in [-0.2, 0) is 0 Å². The topological polar surface area (TPSA) is 64.6 Å². The number of urea groups is 1. The molecule has 0 saturated carbocycles. The minimum Gasteiger partial charge on any atom is -0.388 e. The fourth-order valence-electron chi connectivity index (χ4n) is 2.57. The van der Waals surface area contributed by atoms with Crippen LogP contribution < -0.4 is 15.5 Å². The lowest BCUT2D eigenvalue weighted by Crippen LogP contribution is -2.30. The summed E-state index contributed by atoms with van der Waals surface area (Å²) in [6.45, 7) is 2.41. The van der Waals surface area contributed by atoms with Gasteiger partial charge in [0.1, 0.15) is 0 Å². The number of amides is 2. The van der Waals surface area contributed by atoms with Crippen LogP contribution in [0.5, 0.6) is 0 Å². The maximum Gasteiger partial charge on any atom is 0.319 e. The van der Waals surface area contributed by atoms with Gasteiger partial charge in [-0.15, -0.1) is 0 Å². The minimum atomic E-state index is -0.576. The zero-order chi connectivity index (χ0) is 17.5. The lowest BCUT2D eigenvalue weighted by atomic mass is 10.1. The van der Waals surface area contributed by atoms with Gasteiger partial charge in [0.25, 0.3) is 0 Å². The lowest BCUT2D eigenvalue weighted by Gasteiger charge is -2.17. The van der Waals surface area contributed by atoms with E-state index in [1.807, 2.05) is 74.4 Å². The van der Waals surface area contributed by atoms with E-state index in [1.54, 1.807) is 0 Å². The number of anilines is 2. The predicted molar refractivity (Wildman–Crippen MR) is 98.5 cm³/mol. The average Bonchev–Trinajstić information content (AvgIpc) is 2.55. The fraction of sp³-hybridized carbons (Fsp3) is 0.316. The van der Waals surface area contributed by atoms with E-state index in [-0.39, 0.29) is 6.03 Å². The SMILES string of the molecule is Cc1cc(NC(=O)NCCC(O)c2ccccc2)ccc1N(C)C. The highest BCUT2D eigenvalue weighted by Crippen LogP contribution is 2.21. The van der Waals surface area contributed by atoms with Gasteiger partial charge in [-0.2, -0.15) is 0 Å². The largest absolute Gasteiger partial charge is 0.388 e. The molecule has 0 aliphatic rings. The van der Waals surface area contributed by atoms with Gasteiger partial charge in [-0.3, -0.25) is 0 Å². The van der Waals surface area contributed by atoms with Crippen LogP contribution in [0.1, 0.15) is 23.7 Å². The third kappa shape index (κ3) is 4.99. The van der Waals surface area contributed by atoms with Crippen molar-refractivity contribution in [3.8, 4) is 0 Å². The Bertz CT molecular complexity index is 672. The van der Waals surface area contributed by atoms with Crippen LogP contribution in [0, 0.1) is 6.92 Å². The van der Waals surface area contributed by atoms with Crippen LogP contribution in [0.4, 0.5) is 16.2 Å². The molecule has 2 aromatic carbocycles. The normalized spacial score (nSPS) is 11.7. The summed E-state index contributed by atoms with van der Waals surface area (Å²) in [6.07, 6.45) is -0.108. The van der Waals surface area contributed by atoms with Crippen molar-refractivity contribution in [1.82, 2.24) is 5.32 Å². The number of rotatable bonds is 6. The Hall–Kier alpha value is -2.53. The minimum absolute atomic E-state index is 0.271. The lowest BCUT2D eigenvalue weighted by molar-refractivity contribution is 0.167. The molecule has 24 heavy (non-hydrogen) atoms. The Morgan fingerprint density at radius 2 is 1.88 bits per heavy atom. The highest BCUT2D eigenvalue weighted by atomic mass is 16.3. The van der Waals surface area contributed by atoms with Gasteiger partial charge < -0.3 is 20.6 Å². The molecule has 5 heteroatoms. The van der Waals surface area contributed by atoms with Crippen LogP contribution in [-0.4, -0.2) is 31.8 Å². The zero-order valence-corrected chi connectivity index (χ0v) is 14.4. The predicted octanol–water partition coefficient (Wildman–Crippen LogP) is 3.31. The van der Waals surface area contributed by atoms with Crippen molar-refractivity contribution >= 4 is 17.4 Å². The summed E-state index contributed by atoms with van der Waals surface area (Å²) in [6, 6.07) is 15.0. The van der Waals surface area contributed by atoms with Crippen LogP contribution in [0.2, 0.25) is 0 Å². The van der Waals surface area contributed by atoms with E-state index in [0.29, 0.717) is 13.0 Å². The average molecular weight is 327 g/mol. The quantitative estimate of drug-likeness (QED) is 0.763. The number of carbonyl (C=O) groups is 1. The molecule has 0 bridgehead atoms. The molecule has 3 N–H and O–H groups in total. The van der Waals surface area contributed by atoms with Crippen molar-refractivity contribution in [2.45, 2.75) is 19.4 Å². The number of aliphatic hydroxyl groups excluding tert-OH is 1. The maximum atomic E-state index is 11.9. The Morgan fingerprint density at radius 1 is 1.17 bits per heavy atom. The number of carbonyl (C=O) groups excluding carboxylic acids is 1. The fourth-order valence-corrected chi connectivity index (χ4v) is 2.57. The Balaban J connectivity index is 1.80. The number of benzene rings is 2. The molecule has 0 aliphatic heterocycles. The maximum absolute atomic E-state index is 11.9. The van der Waals surface area contributed by atoms with Crippen LogP contribution in [0.3, 0.4) is 0 Å². The highest BCUT2D eigenvalue weighted by molar-refractivity contribution is 5.89. The molecule has 0 radical (unpaired) electrons. The number of aliphatic hydroxyl groups is 1. The summed E-state index contributed by atoms with van der Waals surface area (Å²) < 4.78 is 0. The molecule has 1 unspecified atom stereocenters. The van der Waals surface area contributed by atoms with Crippen LogP contribution >= 0.6 is 0 Å².